The van der Waals surface area contributed by atoms with E-state index in [9.17, 15) is 0 Å². The molecule has 0 saturated heterocycles. The van der Waals surface area contributed by atoms with Crippen LogP contribution in [0.4, 0.5) is 0 Å². The van der Waals surface area contributed by atoms with Gasteiger partial charge in [-0.25, -0.2) is 0 Å². The predicted molar refractivity (Wildman–Crippen MR) is 91.5 cm³/mol. The highest BCUT2D eigenvalue weighted by atomic mass is 35.5. The summed E-state index contributed by atoms with van der Waals surface area (Å²) < 4.78 is 7.98. The molecule has 2 saturated carbocycles. The molecule has 2 N–H and O–H groups in total. The maximum absolute atomic E-state index is 5.96. The van der Waals surface area contributed by atoms with Crippen molar-refractivity contribution in [1.82, 2.24) is 9.78 Å². The highest BCUT2D eigenvalue weighted by Crippen LogP contribution is 2.26. The van der Waals surface area contributed by atoms with Crippen molar-refractivity contribution in [2.45, 2.75) is 70.4 Å². The van der Waals surface area contributed by atoms with E-state index in [1.165, 1.54) is 44.9 Å². The highest BCUT2D eigenvalue weighted by molar-refractivity contribution is 5.85. The molecule has 4 nitrogen and oxygen atoms in total. The molecule has 0 amide bonds. The van der Waals surface area contributed by atoms with Gasteiger partial charge in [0, 0.05) is 12.6 Å². The third-order valence-corrected chi connectivity index (χ3v) is 5.16. The van der Waals surface area contributed by atoms with Crippen LogP contribution < -0.4 is 10.5 Å². The van der Waals surface area contributed by atoms with Gasteiger partial charge in [0.1, 0.15) is 0 Å². The summed E-state index contributed by atoms with van der Waals surface area (Å²) in [6, 6.07) is 0.424. The van der Waals surface area contributed by atoms with Gasteiger partial charge >= 0.3 is 0 Å². The molecule has 126 valence electrons. The molecule has 1 aromatic heterocycles. The molecule has 0 spiro atoms. The standard InChI is InChI=1S/C17H29N3O.ClH/c18-16-8-6-14(7-9-16)11-20-12-17(10-19-20)21-13-15-4-2-1-3-5-15;/h10,12,14-16H,1-9,11,13,18H2;1H. The molecular weight excluding hydrogens is 298 g/mol. The molecule has 0 atom stereocenters. The molecule has 0 aromatic carbocycles. The molecule has 1 heterocycles. The molecule has 2 fully saturated rings. The minimum Gasteiger partial charge on any atom is -0.490 e. The lowest BCUT2D eigenvalue weighted by atomic mass is 9.86. The van der Waals surface area contributed by atoms with E-state index in [1.54, 1.807) is 0 Å². The van der Waals surface area contributed by atoms with Gasteiger partial charge in [0.15, 0.2) is 5.75 Å². The first-order valence-electron chi connectivity index (χ1n) is 8.70. The molecule has 0 unspecified atom stereocenters. The van der Waals surface area contributed by atoms with Crippen LogP contribution in [0.2, 0.25) is 0 Å². The summed E-state index contributed by atoms with van der Waals surface area (Å²) in [5.74, 6) is 2.42. The molecule has 3 rings (SSSR count). The number of rotatable bonds is 5. The average Bonchev–Trinajstić information content (AvgIpc) is 2.96. The van der Waals surface area contributed by atoms with E-state index in [-0.39, 0.29) is 12.4 Å². The summed E-state index contributed by atoms with van der Waals surface area (Å²) in [5, 5.41) is 4.45. The fourth-order valence-corrected chi connectivity index (χ4v) is 3.72. The second-order valence-electron chi connectivity index (χ2n) is 6.99. The minimum atomic E-state index is 0. The summed E-state index contributed by atoms with van der Waals surface area (Å²) in [7, 11) is 0. The first kappa shape index (κ1) is 17.6. The van der Waals surface area contributed by atoms with Crippen molar-refractivity contribution >= 4 is 12.4 Å². The van der Waals surface area contributed by atoms with Crippen LogP contribution >= 0.6 is 12.4 Å². The van der Waals surface area contributed by atoms with Crippen LogP contribution in [0.15, 0.2) is 12.4 Å². The highest BCUT2D eigenvalue weighted by Gasteiger charge is 2.19. The van der Waals surface area contributed by atoms with Gasteiger partial charge in [-0.3, -0.25) is 4.68 Å². The molecule has 0 aliphatic heterocycles. The summed E-state index contributed by atoms with van der Waals surface area (Å²) in [6.45, 7) is 1.88. The van der Waals surface area contributed by atoms with E-state index in [2.05, 4.69) is 16.0 Å². The van der Waals surface area contributed by atoms with Crippen molar-refractivity contribution in [2.24, 2.45) is 17.6 Å². The van der Waals surface area contributed by atoms with E-state index in [0.717, 1.165) is 43.6 Å². The quantitative estimate of drug-likeness (QED) is 0.895. The monoisotopic (exact) mass is 327 g/mol. The summed E-state index contributed by atoms with van der Waals surface area (Å²) >= 11 is 0. The largest absolute Gasteiger partial charge is 0.490 e. The Bertz CT molecular complexity index is 423. The van der Waals surface area contributed by atoms with Gasteiger partial charge in [0.05, 0.1) is 19.0 Å². The average molecular weight is 328 g/mol. The molecule has 0 radical (unpaired) electrons. The van der Waals surface area contributed by atoms with Crippen LogP contribution in [0, 0.1) is 11.8 Å². The molecule has 5 heteroatoms. The molecule has 2 aliphatic rings. The fourth-order valence-electron chi connectivity index (χ4n) is 3.72. The lowest BCUT2D eigenvalue weighted by Crippen LogP contribution is -2.28. The Morgan fingerprint density at radius 2 is 1.77 bits per heavy atom. The predicted octanol–water partition coefficient (Wildman–Crippen LogP) is 3.78. The summed E-state index contributed by atoms with van der Waals surface area (Å²) in [5.41, 5.74) is 5.96. The lowest BCUT2D eigenvalue weighted by molar-refractivity contribution is 0.208. The maximum Gasteiger partial charge on any atom is 0.157 e. The molecule has 2 aliphatic carbocycles. The van der Waals surface area contributed by atoms with Crippen LogP contribution in [-0.4, -0.2) is 22.4 Å². The Balaban J connectivity index is 0.00000176. The first-order chi connectivity index (χ1) is 10.3. The fraction of sp³-hybridized carbons (Fsp3) is 0.824. The second-order valence-corrected chi connectivity index (χ2v) is 6.99. The molecule has 0 bridgehead atoms. The van der Waals surface area contributed by atoms with Crippen molar-refractivity contribution in [3.8, 4) is 5.75 Å². The lowest BCUT2D eigenvalue weighted by Gasteiger charge is -2.25. The zero-order valence-corrected chi connectivity index (χ0v) is 14.3. The number of halogens is 1. The molecule has 1 aromatic rings. The number of ether oxygens (including phenoxy) is 1. The third-order valence-electron chi connectivity index (χ3n) is 5.16. The summed E-state index contributed by atoms with van der Waals surface area (Å²) in [6.07, 6.45) is 15.5. The smallest absolute Gasteiger partial charge is 0.157 e. The topological polar surface area (TPSA) is 53.1 Å². The Labute approximate surface area is 140 Å². The normalized spacial score (nSPS) is 26.4. The van der Waals surface area contributed by atoms with Gasteiger partial charge < -0.3 is 10.5 Å². The Kier molecular flexibility index (Phi) is 7.03. The van der Waals surface area contributed by atoms with Crippen LogP contribution in [0.25, 0.3) is 0 Å². The first-order valence-corrected chi connectivity index (χ1v) is 8.70. The number of aromatic nitrogens is 2. The minimum absolute atomic E-state index is 0. The number of hydrogen-bond donors (Lipinski definition) is 1. The second kappa shape index (κ2) is 8.78. The van der Waals surface area contributed by atoms with Gasteiger partial charge in [-0.1, -0.05) is 19.3 Å². The number of nitrogens with two attached hydrogens (primary N) is 1. The SMILES string of the molecule is Cl.NC1CCC(Cn2cc(OCC3CCCCC3)cn2)CC1. The molecule has 22 heavy (non-hydrogen) atoms. The third kappa shape index (κ3) is 5.17. The van der Waals surface area contributed by atoms with Crippen molar-refractivity contribution in [2.75, 3.05) is 6.61 Å². The van der Waals surface area contributed by atoms with Crippen molar-refractivity contribution in [1.29, 1.82) is 0 Å². The van der Waals surface area contributed by atoms with Gasteiger partial charge in [-0.15, -0.1) is 12.4 Å². The Morgan fingerprint density at radius 1 is 1.05 bits per heavy atom. The van der Waals surface area contributed by atoms with E-state index < -0.39 is 0 Å². The number of hydrogen-bond acceptors (Lipinski definition) is 3. The van der Waals surface area contributed by atoms with Crippen molar-refractivity contribution in [3.63, 3.8) is 0 Å². The number of nitrogens with zero attached hydrogens (tertiary/aromatic N) is 2. The zero-order valence-electron chi connectivity index (χ0n) is 13.5. The van der Waals surface area contributed by atoms with Gasteiger partial charge in [0.25, 0.3) is 0 Å². The van der Waals surface area contributed by atoms with Crippen LogP contribution in [0.1, 0.15) is 57.8 Å². The van der Waals surface area contributed by atoms with Crippen LogP contribution in [0.5, 0.6) is 5.75 Å². The van der Waals surface area contributed by atoms with Crippen LogP contribution in [-0.2, 0) is 6.54 Å². The maximum atomic E-state index is 5.96. The van der Waals surface area contributed by atoms with Crippen LogP contribution in [0.3, 0.4) is 0 Å². The van der Waals surface area contributed by atoms with Crippen molar-refractivity contribution in [3.05, 3.63) is 12.4 Å². The molecular formula is C17H30ClN3O. The zero-order chi connectivity index (χ0) is 14.5. The van der Waals surface area contributed by atoms with E-state index >= 15 is 0 Å². The van der Waals surface area contributed by atoms with Gasteiger partial charge in [-0.05, 0) is 50.4 Å². The van der Waals surface area contributed by atoms with Gasteiger partial charge in [0.2, 0.25) is 0 Å². The van der Waals surface area contributed by atoms with Gasteiger partial charge in [-0.2, -0.15) is 5.10 Å². The Morgan fingerprint density at radius 3 is 2.50 bits per heavy atom. The van der Waals surface area contributed by atoms with Crippen molar-refractivity contribution < 1.29 is 4.74 Å². The van der Waals surface area contributed by atoms with E-state index in [0.29, 0.717) is 6.04 Å². The Hall–Kier alpha value is -0.740. The summed E-state index contributed by atoms with van der Waals surface area (Å²) in [4.78, 5) is 0. The van der Waals surface area contributed by atoms with E-state index in [1.807, 2.05) is 6.20 Å². The van der Waals surface area contributed by atoms with E-state index in [4.69, 9.17) is 10.5 Å².